The highest BCUT2D eigenvalue weighted by Crippen LogP contribution is 2.28. The van der Waals surface area contributed by atoms with Crippen molar-refractivity contribution in [2.45, 2.75) is 38.4 Å². The van der Waals surface area contributed by atoms with Crippen molar-refractivity contribution in [3.63, 3.8) is 0 Å². The number of nitrogens with one attached hydrogen (secondary N) is 1. The summed E-state index contributed by atoms with van der Waals surface area (Å²) in [5.41, 5.74) is 1.39. The molecule has 1 aromatic heterocycles. The van der Waals surface area contributed by atoms with Gasteiger partial charge < -0.3 is 9.88 Å². The highest BCUT2D eigenvalue weighted by molar-refractivity contribution is 9.10. The SMILES string of the molecule is Brc1ccc(CN2CCC(c3nnc4n3CCNC4)CC2)cc1. The molecule has 3 heterocycles. The monoisotopic (exact) mass is 375 g/mol. The predicted octanol–water partition coefficient (Wildman–Crippen LogP) is 2.52. The van der Waals surface area contributed by atoms with Gasteiger partial charge in [-0.1, -0.05) is 28.1 Å². The molecule has 6 heteroatoms. The molecule has 1 aromatic carbocycles. The summed E-state index contributed by atoms with van der Waals surface area (Å²) in [4.78, 5) is 2.55. The zero-order valence-corrected chi connectivity index (χ0v) is 14.8. The first-order chi connectivity index (χ1) is 11.3. The van der Waals surface area contributed by atoms with Crippen LogP contribution in [-0.4, -0.2) is 39.3 Å². The van der Waals surface area contributed by atoms with Crippen molar-refractivity contribution in [3.05, 3.63) is 46.0 Å². The molecule has 1 saturated heterocycles. The molecule has 0 amide bonds. The summed E-state index contributed by atoms with van der Waals surface area (Å²) in [5, 5.41) is 12.2. The van der Waals surface area contributed by atoms with E-state index in [1.165, 1.54) is 24.2 Å². The molecule has 0 saturated carbocycles. The molecule has 2 aromatic rings. The second-order valence-corrected chi connectivity index (χ2v) is 7.40. The molecule has 23 heavy (non-hydrogen) atoms. The van der Waals surface area contributed by atoms with Gasteiger partial charge >= 0.3 is 0 Å². The molecule has 4 rings (SSSR count). The van der Waals surface area contributed by atoms with Crippen LogP contribution in [0.15, 0.2) is 28.7 Å². The van der Waals surface area contributed by atoms with E-state index in [9.17, 15) is 0 Å². The lowest BCUT2D eigenvalue weighted by molar-refractivity contribution is 0.199. The van der Waals surface area contributed by atoms with Crippen LogP contribution in [0.4, 0.5) is 0 Å². The lowest BCUT2D eigenvalue weighted by Crippen LogP contribution is -2.34. The van der Waals surface area contributed by atoms with Crippen molar-refractivity contribution in [1.29, 1.82) is 0 Å². The van der Waals surface area contributed by atoms with E-state index in [4.69, 9.17) is 0 Å². The number of hydrogen-bond acceptors (Lipinski definition) is 4. The molecule has 122 valence electrons. The second-order valence-electron chi connectivity index (χ2n) is 6.48. The third-order valence-corrected chi connectivity index (χ3v) is 5.45. The van der Waals surface area contributed by atoms with E-state index in [0.717, 1.165) is 49.6 Å². The lowest BCUT2D eigenvalue weighted by Gasteiger charge is -2.32. The highest BCUT2D eigenvalue weighted by Gasteiger charge is 2.26. The Morgan fingerprint density at radius 1 is 1.09 bits per heavy atom. The Hall–Kier alpha value is -1.24. The van der Waals surface area contributed by atoms with Crippen LogP contribution in [0.1, 0.15) is 36.0 Å². The number of nitrogens with zero attached hydrogens (tertiary/aromatic N) is 4. The molecule has 1 fully saturated rings. The van der Waals surface area contributed by atoms with Gasteiger partial charge in [-0.05, 0) is 43.6 Å². The van der Waals surface area contributed by atoms with Gasteiger partial charge in [-0.25, -0.2) is 0 Å². The molecule has 0 aliphatic carbocycles. The molecule has 0 bridgehead atoms. The molecule has 0 atom stereocenters. The number of halogens is 1. The van der Waals surface area contributed by atoms with Gasteiger partial charge in [-0.3, -0.25) is 4.90 Å². The number of hydrogen-bond donors (Lipinski definition) is 1. The molecule has 0 spiro atoms. The maximum absolute atomic E-state index is 4.49. The quantitative estimate of drug-likeness (QED) is 0.895. The van der Waals surface area contributed by atoms with Gasteiger partial charge in [-0.15, -0.1) is 10.2 Å². The molecule has 1 N–H and O–H groups in total. The van der Waals surface area contributed by atoms with Gasteiger partial charge in [0.05, 0.1) is 6.54 Å². The van der Waals surface area contributed by atoms with Crippen molar-refractivity contribution in [2.24, 2.45) is 0 Å². The maximum Gasteiger partial charge on any atom is 0.147 e. The minimum Gasteiger partial charge on any atom is -0.312 e. The first-order valence-corrected chi connectivity index (χ1v) is 9.18. The van der Waals surface area contributed by atoms with E-state index in [1.807, 2.05) is 0 Å². The molecular weight excluding hydrogens is 354 g/mol. The Morgan fingerprint density at radius 3 is 2.65 bits per heavy atom. The number of likely N-dealkylation sites (tertiary alicyclic amines) is 1. The lowest BCUT2D eigenvalue weighted by atomic mass is 9.95. The van der Waals surface area contributed by atoms with Crippen LogP contribution in [-0.2, 0) is 19.6 Å². The third kappa shape index (κ3) is 3.34. The first kappa shape index (κ1) is 15.3. The van der Waals surface area contributed by atoms with E-state index in [-0.39, 0.29) is 0 Å². The number of rotatable bonds is 3. The predicted molar refractivity (Wildman–Crippen MR) is 93.1 cm³/mol. The van der Waals surface area contributed by atoms with Gasteiger partial charge in [-0.2, -0.15) is 0 Å². The smallest absolute Gasteiger partial charge is 0.147 e. The number of aromatic nitrogens is 3. The molecule has 0 radical (unpaired) electrons. The number of benzene rings is 1. The van der Waals surface area contributed by atoms with Crippen molar-refractivity contribution in [2.75, 3.05) is 19.6 Å². The van der Waals surface area contributed by atoms with Crippen molar-refractivity contribution >= 4 is 15.9 Å². The Bertz CT molecular complexity index is 658. The van der Waals surface area contributed by atoms with Crippen LogP contribution in [0.5, 0.6) is 0 Å². The second kappa shape index (κ2) is 6.71. The van der Waals surface area contributed by atoms with E-state index in [2.05, 4.69) is 65.2 Å². The van der Waals surface area contributed by atoms with Gasteiger partial charge in [0.1, 0.15) is 11.6 Å². The Kier molecular flexibility index (Phi) is 4.46. The summed E-state index contributed by atoms with van der Waals surface area (Å²) in [6, 6.07) is 8.66. The summed E-state index contributed by atoms with van der Waals surface area (Å²) in [6.45, 7) is 6.22. The standard InChI is InChI=1S/C17H22BrN5/c18-15-3-1-13(2-4-15)12-22-8-5-14(6-9-22)17-21-20-16-11-19-7-10-23(16)17/h1-4,14,19H,5-12H2. The Labute approximate surface area is 145 Å². The molecular formula is C17H22BrN5. The Balaban J connectivity index is 1.37. The van der Waals surface area contributed by atoms with Gasteiger partial charge in [0.15, 0.2) is 0 Å². The highest BCUT2D eigenvalue weighted by atomic mass is 79.9. The van der Waals surface area contributed by atoms with Gasteiger partial charge in [0, 0.05) is 30.0 Å². The number of fused-ring (bicyclic) bond motifs is 1. The summed E-state index contributed by atoms with van der Waals surface area (Å²) in [7, 11) is 0. The van der Waals surface area contributed by atoms with Crippen molar-refractivity contribution < 1.29 is 0 Å². The maximum atomic E-state index is 4.49. The molecule has 2 aliphatic heterocycles. The van der Waals surface area contributed by atoms with E-state index in [0.29, 0.717) is 5.92 Å². The fourth-order valence-corrected chi connectivity index (χ4v) is 3.88. The van der Waals surface area contributed by atoms with Crippen molar-refractivity contribution in [3.8, 4) is 0 Å². The average Bonchev–Trinajstić information content (AvgIpc) is 3.02. The third-order valence-electron chi connectivity index (χ3n) is 4.92. The molecule has 0 unspecified atom stereocenters. The minimum absolute atomic E-state index is 0.565. The summed E-state index contributed by atoms with van der Waals surface area (Å²) < 4.78 is 3.48. The van der Waals surface area contributed by atoms with Crippen LogP contribution < -0.4 is 5.32 Å². The summed E-state index contributed by atoms with van der Waals surface area (Å²) in [5.74, 6) is 2.88. The van der Waals surface area contributed by atoms with E-state index in [1.54, 1.807) is 0 Å². The fraction of sp³-hybridized carbons (Fsp3) is 0.529. The topological polar surface area (TPSA) is 46.0 Å². The first-order valence-electron chi connectivity index (χ1n) is 8.39. The summed E-state index contributed by atoms with van der Waals surface area (Å²) >= 11 is 3.50. The fourth-order valence-electron chi connectivity index (χ4n) is 3.61. The van der Waals surface area contributed by atoms with Crippen LogP contribution in [0, 0.1) is 0 Å². The van der Waals surface area contributed by atoms with Gasteiger partial charge in [0.25, 0.3) is 0 Å². The van der Waals surface area contributed by atoms with E-state index >= 15 is 0 Å². The molecule has 2 aliphatic rings. The van der Waals surface area contributed by atoms with Crippen LogP contribution in [0.2, 0.25) is 0 Å². The van der Waals surface area contributed by atoms with Crippen LogP contribution >= 0.6 is 15.9 Å². The normalized spacial score (nSPS) is 19.7. The molecule has 5 nitrogen and oxygen atoms in total. The minimum atomic E-state index is 0.565. The van der Waals surface area contributed by atoms with Crippen LogP contribution in [0.3, 0.4) is 0 Å². The zero-order valence-electron chi connectivity index (χ0n) is 13.2. The van der Waals surface area contributed by atoms with E-state index < -0.39 is 0 Å². The summed E-state index contributed by atoms with van der Waals surface area (Å²) in [6.07, 6.45) is 2.37. The van der Waals surface area contributed by atoms with Crippen molar-refractivity contribution in [1.82, 2.24) is 25.0 Å². The van der Waals surface area contributed by atoms with Crippen LogP contribution in [0.25, 0.3) is 0 Å². The largest absolute Gasteiger partial charge is 0.312 e. The zero-order chi connectivity index (χ0) is 15.6. The average molecular weight is 376 g/mol. The Morgan fingerprint density at radius 2 is 1.87 bits per heavy atom. The van der Waals surface area contributed by atoms with Gasteiger partial charge in [0.2, 0.25) is 0 Å². The number of piperidine rings is 1.